The smallest absolute Gasteiger partial charge is 0.348 e. The molecule has 7 heteroatoms. The fourth-order valence-corrected chi connectivity index (χ4v) is 4.42. The molecule has 2 N–H and O–H groups in total. The third-order valence-corrected chi connectivity index (χ3v) is 5.73. The molecule has 2 aromatic rings. The molecule has 0 aromatic carbocycles. The van der Waals surface area contributed by atoms with Gasteiger partial charge in [0.25, 0.3) is 0 Å². The van der Waals surface area contributed by atoms with Crippen molar-refractivity contribution in [1.29, 1.82) is 0 Å². The summed E-state index contributed by atoms with van der Waals surface area (Å²) in [4.78, 5) is 25.8. The molecular formula is C18H24N2O3S2. The minimum absolute atomic E-state index is 0.126. The van der Waals surface area contributed by atoms with E-state index in [9.17, 15) is 9.59 Å². The Labute approximate surface area is 156 Å². The summed E-state index contributed by atoms with van der Waals surface area (Å²) >= 11 is 2.93. The lowest BCUT2D eigenvalue weighted by Crippen LogP contribution is -2.33. The molecule has 0 saturated heterocycles. The van der Waals surface area contributed by atoms with Gasteiger partial charge in [-0.3, -0.25) is 4.79 Å². The Balaban J connectivity index is 1.94. The number of nitrogens with one attached hydrogen (secondary N) is 2. The number of carbonyl (C=O) groups excluding carboxylic acids is 2. The minimum atomic E-state index is -0.346. The quantitative estimate of drug-likeness (QED) is 0.673. The molecule has 0 radical (unpaired) electrons. The summed E-state index contributed by atoms with van der Waals surface area (Å²) < 4.78 is 5.02. The molecule has 0 aliphatic heterocycles. The lowest BCUT2D eigenvalue weighted by Gasteiger charge is -2.20. The first-order chi connectivity index (χ1) is 11.9. The maximum absolute atomic E-state index is 12.2. The van der Waals surface area contributed by atoms with E-state index in [1.165, 1.54) is 16.2 Å². The summed E-state index contributed by atoms with van der Waals surface area (Å²) in [6, 6.07) is 6.04. The molecule has 0 spiro atoms. The Hall–Kier alpha value is -1.70. The number of hydrogen-bond acceptors (Lipinski definition) is 6. The molecule has 2 rings (SSSR count). The second-order valence-electron chi connectivity index (χ2n) is 6.01. The lowest BCUT2D eigenvalue weighted by molar-refractivity contribution is -0.115. The highest BCUT2D eigenvalue weighted by molar-refractivity contribution is 7.18. The van der Waals surface area contributed by atoms with Gasteiger partial charge in [-0.1, -0.05) is 19.9 Å². The van der Waals surface area contributed by atoms with E-state index < -0.39 is 0 Å². The van der Waals surface area contributed by atoms with Gasteiger partial charge in [0.1, 0.15) is 4.88 Å². The predicted molar refractivity (Wildman–Crippen MR) is 104 cm³/mol. The predicted octanol–water partition coefficient (Wildman–Crippen LogP) is 4.22. The number of ether oxygens (including phenoxy) is 1. The largest absolute Gasteiger partial charge is 0.462 e. The Bertz CT molecular complexity index is 708. The average molecular weight is 381 g/mol. The van der Waals surface area contributed by atoms with E-state index in [0.29, 0.717) is 22.4 Å². The molecule has 25 heavy (non-hydrogen) atoms. The van der Waals surface area contributed by atoms with E-state index in [2.05, 4.69) is 30.5 Å². The van der Waals surface area contributed by atoms with Crippen LogP contribution >= 0.6 is 22.7 Å². The fourth-order valence-electron chi connectivity index (χ4n) is 2.46. The van der Waals surface area contributed by atoms with Crippen LogP contribution < -0.4 is 10.6 Å². The highest BCUT2D eigenvalue weighted by Gasteiger charge is 2.19. The fraction of sp³-hybridized carbons (Fsp3) is 0.444. The van der Waals surface area contributed by atoms with Crippen LogP contribution in [0.25, 0.3) is 0 Å². The SMILES string of the molecule is CCOC(=O)c1sc(NC(=O)CN[C@H](c2cccs2)C(C)C)cc1C. The van der Waals surface area contributed by atoms with E-state index in [1.807, 2.05) is 18.4 Å². The molecule has 1 amide bonds. The van der Waals surface area contributed by atoms with Crippen molar-refractivity contribution in [3.63, 3.8) is 0 Å². The van der Waals surface area contributed by atoms with Gasteiger partial charge in [-0.15, -0.1) is 22.7 Å². The van der Waals surface area contributed by atoms with E-state index in [0.717, 1.165) is 5.56 Å². The number of esters is 1. The minimum Gasteiger partial charge on any atom is -0.462 e. The number of hydrogen-bond donors (Lipinski definition) is 2. The molecule has 5 nitrogen and oxygen atoms in total. The molecule has 0 aliphatic carbocycles. The summed E-state index contributed by atoms with van der Waals surface area (Å²) in [6.07, 6.45) is 0. The van der Waals surface area contributed by atoms with Gasteiger partial charge in [-0.05, 0) is 42.8 Å². The highest BCUT2D eigenvalue weighted by atomic mass is 32.1. The molecular weight excluding hydrogens is 356 g/mol. The van der Waals surface area contributed by atoms with E-state index >= 15 is 0 Å². The number of amides is 1. The summed E-state index contributed by atoms with van der Waals surface area (Å²) in [5.74, 6) is -0.0918. The second-order valence-corrected chi connectivity index (χ2v) is 8.04. The van der Waals surface area contributed by atoms with E-state index in [-0.39, 0.29) is 24.5 Å². The third kappa shape index (κ3) is 5.39. The van der Waals surface area contributed by atoms with Crippen molar-refractivity contribution in [1.82, 2.24) is 5.32 Å². The van der Waals surface area contributed by atoms with Gasteiger partial charge in [0, 0.05) is 10.9 Å². The number of anilines is 1. The van der Waals surface area contributed by atoms with Crippen molar-refractivity contribution in [2.24, 2.45) is 5.92 Å². The standard InChI is InChI=1S/C18H24N2O3S2/c1-5-23-18(22)17-12(4)9-15(25-17)20-14(21)10-19-16(11(2)3)13-7-6-8-24-13/h6-9,11,16,19H,5,10H2,1-4H3,(H,20,21)/t16-/m0/s1. The van der Waals surface area contributed by atoms with E-state index in [4.69, 9.17) is 4.74 Å². The van der Waals surface area contributed by atoms with Gasteiger partial charge >= 0.3 is 5.97 Å². The Morgan fingerprint density at radius 1 is 1.32 bits per heavy atom. The topological polar surface area (TPSA) is 67.4 Å². The van der Waals surface area contributed by atoms with Crippen molar-refractivity contribution in [3.8, 4) is 0 Å². The number of thiophene rings is 2. The van der Waals surface area contributed by atoms with Crippen molar-refractivity contribution >= 4 is 39.6 Å². The zero-order chi connectivity index (χ0) is 18.4. The lowest BCUT2D eigenvalue weighted by atomic mass is 10.0. The third-order valence-electron chi connectivity index (χ3n) is 3.64. The van der Waals surface area contributed by atoms with E-state index in [1.54, 1.807) is 24.3 Å². The number of carbonyl (C=O) groups is 2. The van der Waals surface area contributed by atoms with Gasteiger partial charge in [-0.2, -0.15) is 0 Å². The van der Waals surface area contributed by atoms with Crippen LogP contribution in [0.15, 0.2) is 23.6 Å². The van der Waals surface area contributed by atoms with Crippen LogP contribution in [0.1, 0.15) is 46.9 Å². The van der Waals surface area contributed by atoms with Crippen molar-refractivity contribution in [2.45, 2.75) is 33.7 Å². The molecule has 0 fully saturated rings. The van der Waals surface area contributed by atoms with Crippen molar-refractivity contribution in [3.05, 3.63) is 38.9 Å². The second kappa shape index (κ2) is 9.12. The summed E-state index contributed by atoms with van der Waals surface area (Å²) in [6.45, 7) is 8.41. The van der Waals surface area contributed by atoms with Crippen LogP contribution in [-0.2, 0) is 9.53 Å². The van der Waals surface area contributed by atoms with Crippen LogP contribution in [0.3, 0.4) is 0 Å². The molecule has 136 valence electrons. The number of rotatable bonds is 8. The average Bonchev–Trinajstić information content (AvgIpc) is 3.17. The molecule has 0 saturated carbocycles. The summed E-state index contributed by atoms with van der Waals surface area (Å²) in [5.41, 5.74) is 0.811. The molecule has 1 atom stereocenters. The Morgan fingerprint density at radius 2 is 2.08 bits per heavy atom. The Kier molecular flexibility index (Phi) is 7.16. The molecule has 2 heterocycles. The zero-order valence-corrected chi connectivity index (χ0v) is 16.6. The molecule has 0 aliphatic rings. The summed E-state index contributed by atoms with van der Waals surface area (Å²) in [5, 5.41) is 8.87. The van der Waals surface area contributed by atoms with Crippen LogP contribution in [0, 0.1) is 12.8 Å². The first kappa shape index (κ1) is 19.6. The zero-order valence-electron chi connectivity index (χ0n) is 14.9. The van der Waals surface area contributed by atoms with Crippen molar-refractivity contribution in [2.75, 3.05) is 18.5 Å². The maximum Gasteiger partial charge on any atom is 0.348 e. The van der Waals surface area contributed by atoms with Gasteiger partial charge in [-0.25, -0.2) is 4.79 Å². The Morgan fingerprint density at radius 3 is 2.68 bits per heavy atom. The van der Waals surface area contributed by atoms with Crippen LogP contribution in [0.4, 0.5) is 5.00 Å². The first-order valence-corrected chi connectivity index (χ1v) is 9.96. The van der Waals surface area contributed by atoms with Gasteiger partial charge in [0.15, 0.2) is 0 Å². The molecule has 2 aromatic heterocycles. The van der Waals surface area contributed by atoms with Crippen LogP contribution in [-0.4, -0.2) is 25.0 Å². The first-order valence-electron chi connectivity index (χ1n) is 8.26. The van der Waals surface area contributed by atoms with Gasteiger partial charge in [0.2, 0.25) is 5.91 Å². The maximum atomic E-state index is 12.2. The summed E-state index contributed by atoms with van der Waals surface area (Å²) in [7, 11) is 0. The van der Waals surface area contributed by atoms with Gasteiger partial charge < -0.3 is 15.4 Å². The van der Waals surface area contributed by atoms with Gasteiger partial charge in [0.05, 0.1) is 18.2 Å². The monoisotopic (exact) mass is 380 g/mol. The molecule has 0 unspecified atom stereocenters. The van der Waals surface area contributed by atoms with Crippen LogP contribution in [0.2, 0.25) is 0 Å². The number of aryl methyl sites for hydroxylation is 1. The van der Waals surface area contributed by atoms with Crippen LogP contribution in [0.5, 0.6) is 0 Å². The molecule has 0 bridgehead atoms. The highest BCUT2D eigenvalue weighted by Crippen LogP contribution is 2.28. The van der Waals surface area contributed by atoms with Crippen molar-refractivity contribution < 1.29 is 14.3 Å². The normalized spacial score (nSPS) is 12.2.